The first kappa shape index (κ1) is 24.7. The molecule has 3 aliphatic rings. The normalized spacial score (nSPS) is 22.9. The van der Waals surface area contributed by atoms with Gasteiger partial charge in [0.15, 0.2) is 10.8 Å². The van der Waals surface area contributed by atoms with E-state index in [2.05, 4.69) is 16.7 Å². The second-order valence-electron chi connectivity index (χ2n) is 9.12. The van der Waals surface area contributed by atoms with Crippen LogP contribution >= 0.6 is 22.9 Å². The highest BCUT2D eigenvalue weighted by atomic mass is 35.5. The number of fused-ring (bicyclic) bond motifs is 1. The van der Waals surface area contributed by atoms with Crippen molar-refractivity contribution in [1.29, 1.82) is 0 Å². The average molecular weight is 561 g/mol. The van der Waals surface area contributed by atoms with Gasteiger partial charge in [-0.05, 0) is 18.2 Å². The minimum absolute atomic E-state index is 0.131. The van der Waals surface area contributed by atoms with Gasteiger partial charge in [-0.3, -0.25) is 9.89 Å². The molecule has 1 aromatic carbocycles. The fraction of sp³-hybridized carbons (Fsp3) is 0.280. The highest BCUT2D eigenvalue weighted by Gasteiger charge is 2.56. The first-order valence-electron chi connectivity index (χ1n) is 11.6. The van der Waals surface area contributed by atoms with E-state index in [4.69, 9.17) is 21.3 Å². The number of alkyl halides is 2. The summed E-state index contributed by atoms with van der Waals surface area (Å²) >= 11 is 7.89. The third-order valence-corrected chi connectivity index (χ3v) is 8.00. The van der Waals surface area contributed by atoms with E-state index in [-0.39, 0.29) is 23.9 Å². The maximum absolute atomic E-state index is 14.0. The fourth-order valence-corrected chi connectivity index (χ4v) is 6.17. The van der Waals surface area contributed by atoms with Crippen molar-refractivity contribution < 1.29 is 22.7 Å². The number of aliphatic imine (C=N–C) groups is 1. The second kappa shape index (κ2) is 9.28. The van der Waals surface area contributed by atoms with Crippen LogP contribution in [-0.2, 0) is 4.74 Å². The van der Waals surface area contributed by atoms with E-state index in [0.717, 1.165) is 5.70 Å². The Kier molecular flexibility index (Phi) is 6.03. The molecule has 13 heteroatoms. The molecule has 2 saturated heterocycles. The number of halogens is 4. The van der Waals surface area contributed by atoms with Crippen LogP contribution in [0, 0.1) is 5.82 Å². The summed E-state index contributed by atoms with van der Waals surface area (Å²) in [6.45, 7) is 1.67. The van der Waals surface area contributed by atoms with Crippen LogP contribution in [0.4, 0.5) is 18.0 Å². The highest BCUT2D eigenvalue weighted by Crippen LogP contribution is 2.50. The number of benzene rings is 1. The lowest BCUT2D eigenvalue weighted by atomic mass is 9.90. The van der Waals surface area contributed by atoms with E-state index in [1.807, 2.05) is 10.3 Å². The number of carbonyl (C=O) groups excluding carboxylic acids is 1. The third kappa shape index (κ3) is 3.90. The molecule has 3 aliphatic heterocycles. The quantitative estimate of drug-likeness (QED) is 0.371. The standard InChI is InChI=1S/C25H20ClF3N6O2S/c1-2-7-34-24(36)37-13-25(34)11-18-19(17-5-8-35(32-17)23(28)29)20(15-4-3-14(27)10-16(15)26)31-21(33(18)12-25)22-30-6-9-38-22/h2-6,8-10,20,23H,1,7,11-13H2/t20-,25+/m0/s1. The molecule has 0 bridgehead atoms. The van der Waals surface area contributed by atoms with E-state index in [1.54, 1.807) is 17.2 Å². The van der Waals surface area contributed by atoms with Crippen molar-refractivity contribution in [3.8, 4) is 0 Å². The van der Waals surface area contributed by atoms with Gasteiger partial charge in [-0.1, -0.05) is 23.7 Å². The first-order valence-corrected chi connectivity index (χ1v) is 12.9. The predicted octanol–water partition coefficient (Wildman–Crippen LogP) is 5.52. The number of ether oxygens (including phenoxy) is 1. The van der Waals surface area contributed by atoms with Gasteiger partial charge in [-0.2, -0.15) is 13.9 Å². The van der Waals surface area contributed by atoms with Crippen molar-refractivity contribution in [1.82, 2.24) is 24.6 Å². The van der Waals surface area contributed by atoms with Crippen molar-refractivity contribution in [2.75, 3.05) is 19.7 Å². The molecule has 2 fully saturated rings. The number of carbonyl (C=O) groups is 1. The van der Waals surface area contributed by atoms with Crippen LogP contribution in [0.15, 0.2) is 65.4 Å². The van der Waals surface area contributed by atoms with Gasteiger partial charge in [0.1, 0.15) is 24.0 Å². The van der Waals surface area contributed by atoms with E-state index in [1.165, 1.54) is 41.8 Å². The van der Waals surface area contributed by atoms with Crippen LogP contribution in [0.1, 0.15) is 35.3 Å². The smallest absolute Gasteiger partial charge is 0.410 e. The minimum atomic E-state index is -2.84. The first-order chi connectivity index (χ1) is 18.3. The second-order valence-corrected chi connectivity index (χ2v) is 10.4. The summed E-state index contributed by atoms with van der Waals surface area (Å²) in [5.41, 5.74) is 1.26. The minimum Gasteiger partial charge on any atom is -0.447 e. The molecule has 8 nitrogen and oxygen atoms in total. The van der Waals surface area contributed by atoms with Crippen molar-refractivity contribution in [2.45, 2.75) is 24.6 Å². The summed E-state index contributed by atoms with van der Waals surface area (Å²) in [4.78, 5) is 25.7. The Morgan fingerprint density at radius 2 is 2.18 bits per heavy atom. The van der Waals surface area contributed by atoms with Gasteiger partial charge in [0.2, 0.25) is 0 Å². The number of hydrogen-bond donors (Lipinski definition) is 0. The van der Waals surface area contributed by atoms with Crippen LogP contribution in [0.3, 0.4) is 0 Å². The molecule has 196 valence electrons. The van der Waals surface area contributed by atoms with Crippen molar-refractivity contribution >= 4 is 40.4 Å². The molecule has 0 aliphatic carbocycles. The number of amidine groups is 1. The largest absolute Gasteiger partial charge is 0.447 e. The average Bonchev–Trinajstić information content (AvgIpc) is 3.68. The maximum atomic E-state index is 14.0. The molecule has 3 aromatic rings. The van der Waals surface area contributed by atoms with Gasteiger partial charge in [-0.25, -0.2) is 18.9 Å². The summed E-state index contributed by atoms with van der Waals surface area (Å²) < 4.78 is 47.1. The van der Waals surface area contributed by atoms with Crippen LogP contribution < -0.4 is 0 Å². The van der Waals surface area contributed by atoms with Crippen molar-refractivity contribution in [3.63, 3.8) is 0 Å². The number of cyclic esters (lactones) is 1. The molecular formula is C25H20ClF3N6O2S. The lowest BCUT2D eigenvalue weighted by Crippen LogP contribution is -2.50. The molecule has 6 rings (SSSR count). The SMILES string of the molecule is C=CCN1C(=O)OC[C@]12CC1=C(c3ccn(C(F)F)n3)[C@H](c3ccc(F)cc3Cl)N=C(c3nccs3)N1C2. The molecular weight excluding hydrogens is 541 g/mol. The van der Waals surface area contributed by atoms with Crippen LogP contribution in [0.2, 0.25) is 5.02 Å². The molecule has 0 N–H and O–H groups in total. The predicted molar refractivity (Wildman–Crippen MR) is 136 cm³/mol. The summed E-state index contributed by atoms with van der Waals surface area (Å²) in [6, 6.07) is 4.69. The summed E-state index contributed by atoms with van der Waals surface area (Å²) in [6.07, 6.45) is 4.35. The Morgan fingerprint density at radius 1 is 1.34 bits per heavy atom. The highest BCUT2D eigenvalue weighted by molar-refractivity contribution is 7.11. The number of amides is 1. The van der Waals surface area contributed by atoms with Crippen LogP contribution in [0.25, 0.3) is 5.57 Å². The number of rotatable bonds is 6. The fourth-order valence-electron chi connectivity index (χ4n) is 5.26. The topological polar surface area (TPSA) is 75.8 Å². The molecule has 2 aromatic heterocycles. The van der Waals surface area contributed by atoms with E-state index in [0.29, 0.717) is 39.6 Å². The zero-order chi connectivity index (χ0) is 26.6. The Bertz CT molecular complexity index is 1490. The molecule has 0 radical (unpaired) electrons. The molecule has 2 atom stereocenters. The van der Waals surface area contributed by atoms with Gasteiger partial charge >= 0.3 is 12.6 Å². The van der Waals surface area contributed by atoms with Gasteiger partial charge in [0.25, 0.3) is 0 Å². The Morgan fingerprint density at radius 3 is 2.87 bits per heavy atom. The molecule has 5 heterocycles. The molecule has 1 amide bonds. The molecule has 38 heavy (non-hydrogen) atoms. The molecule has 1 spiro atoms. The Balaban J connectivity index is 1.59. The number of hydrogen-bond acceptors (Lipinski definition) is 7. The van der Waals surface area contributed by atoms with Crippen LogP contribution in [0.5, 0.6) is 0 Å². The summed E-state index contributed by atoms with van der Waals surface area (Å²) in [5.74, 6) is 0.0187. The van der Waals surface area contributed by atoms with E-state index >= 15 is 0 Å². The monoisotopic (exact) mass is 560 g/mol. The van der Waals surface area contributed by atoms with E-state index < -0.39 is 30.0 Å². The van der Waals surface area contributed by atoms with Crippen molar-refractivity contribution in [3.05, 3.63) is 87.5 Å². The summed E-state index contributed by atoms with van der Waals surface area (Å²) in [7, 11) is 0. The lowest BCUT2D eigenvalue weighted by molar-refractivity contribution is 0.0564. The third-order valence-electron chi connectivity index (χ3n) is 6.90. The number of nitrogens with zero attached hydrogens (tertiary/aromatic N) is 6. The van der Waals surface area contributed by atoms with Gasteiger partial charge in [0, 0.05) is 52.6 Å². The van der Waals surface area contributed by atoms with Gasteiger partial charge in [0.05, 0.1) is 12.2 Å². The van der Waals surface area contributed by atoms with Gasteiger partial charge < -0.3 is 9.64 Å². The Labute approximate surface area is 224 Å². The zero-order valence-electron chi connectivity index (χ0n) is 19.7. The Hall–Kier alpha value is -3.64. The molecule has 0 saturated carbocycles. The van der Waals surface area contributed by atoms with Crippen LogP contribution in [-0.4, -0.2) is 61.7 Å². The van der Waals surface area contributed by atoms with Gasteiger partial charge in [-0.15, -0.1) is 17.9 Å². The zero-order valence-corrected chi connectivity index (χ0v) is 21.3. The molecule has 0 unspecified atom stereocenters. The number of thiazole rings is 1. The van der Waals surface area contributed by atoms with E-state index in [9.17, 15) is 18.0 Å². The van der Waals surface area contributed by atoms with Crippen molar-refractivity contribution in [2.24, 2.45) is 4.99 Å². The summed E-state index contributed by atoms with van der Waals surface area (Å²) in [5, 5.41) is 6.73. The number of aromatic nitrogens is 3. The lowest BCUT2D eigenvalue weighted by Gasteiger charge is -2.33. The maximum Gasteiger partial charge on any atom is 0.410 e.